The molecular formula is C21H33F2N3O2. The zero-order chi connectivity index (χ0) is 20.9. The Hall–Kier alpha value is -1.73. The van der Waals surface area contributed by atoms with Crippen molar-refractivity contribution < 1.29 is 18.3 Å². The standard InChI is InChI=1S/C21H33F2N3O2/c1-6-24(7-2)15-19(17-9-8-16(22)14-18(17)23)25-10-12-26(13-11-25)20(27)28-21(3,4)5/h8-9,14,19H,6-7,10-13,15H2,1-5H3. The van der Waals surface area contributed by atoms with Crippen LogP contribution < -0.4 is 0 Å². The number of halogens is 2. The average molecular weight is 398 g/mol. The van der Waals surface area contributed by atoms with Crippen molar-refractivity contribution in [1.29, 1.82) is 0 Å². The Morgan fingerprint density at radius 3 is 2.25 bits per heavy atom. The second-order valence-corrected chi connectivity index (χ2v) is 8.17. The highest BCUT2D eigenvalue weighted by Crippen LogP contribution is 2.27. The number of rotatable bonds is 6. The van der Waals surface area contributed by atoms with Crippen LogP contribution in [0.25, 0.3) is 0 Å². The van der Waals surface area contributed by atoms with Gasteiger partial charge in [0.1, 0.15) is 17.2 Å². The van der Waals surface area contributed by atoms with E-state index in [-0.39, 0.29) is 12.1 Å². The zero-order valence-electron chi connectivity index (χ0n) is 17.7. The van der Waals surface area contributed by atoms with Gasteiger partial charge in [0.15, 0.2) is 0 Å². The molecule has 1 aromatic carbocycles. The number of piperazine rings is 1. The lowest BCUT2D eigenvalue weighted by molar-refractivity contribution is 0.00793. The molecule has 5 nitrogen and oxygen atoms in total. The number of amides is 1. The molecule has 1 fully saturated rings. The largest absolute Gasteiger partial charge is 0.444 e. The Kier molecular flexibility index (Phi) is 7.78. The van der Waals surface area contributed by atoms with Crippen LogP contribution in [0.15, 0.2) is 18.2 Å². The Morgan fingerprint density at radius 2 is 1.75 bits per heavy atom. The second-order valence-electron chi connectivity index (χ2n) is 8.17. The van der Waals surface area contributed by atoms with Crippen LogP contribution in [0, 0.1) is 11.6 Å². The highest BCUT2D eigenvalue weighted by molar-refractivity contribution is 5.68. The monoisotopic (exact) mass is 397 g/mol. The zero-order valence-corrected chi connectivity index (χ0v) is 17.7. The normalized spacial score (nSPS) is 17.1. The smallest absolute Gasteiger partial charge is 0.410 e. The number of carbonyl (C=O) groups excluding carboxylic acids is 1. The van der Waals surface area contributed by atoms with Crippen LogP contribution in [-0.4, -0.2) is 72.2 Å². The molecule has 0 radical (unpaired) electrons. The minimum atomic E-state index is -0.572. The predicted molar refractivity (Wildman–Crippen MR) is 106 cm³/mol. The van der Waals surface area contributed by atoms with Crippen LogP contribution in [0.1, 0.15) is 46.2 Å². The molecule has 0 aliphatic carbocycles. The summed E-state index contributed by atoms with van der Waals surface area (Å²) in [5.41, 5.74) is -0.0319. The molecule has 1 heterocycles. The fourth-order valence-electron chi connectivity index (χ4n) is 3.45. The maximum Gasteiger partial charge on any atom is 0.410 e. The summed E-state index contributed by atoms with van der Waals surface area (Å²) in [4.78, 5) is 18.4. The van der Waals surface area contributed by atoms with E-state index in [0.717, 1.165) is 19.2 Å². The van der Waals surface area contributed by atoms with Crippen molar-refractivity contribution in [1.82, 2.24) is 14.7 Å². The Labute approximate surface area is 167 Å². The van der Waals surface area contributed by atoms with E-state index in [2.05, 4.69) is 23.6 Å². The molecule has 28 heavy (non-hydrogen) atoms. The van der Waals surface area contributed by atoms with Gasteiger partial charge >= 0.3 is 6.09 Å². The minimum absolute atomic E-state index is 0.193. The lowest BCUT2D eigenvalue weighted by Gasteiger charge is -2.41. The SMILES string of the molecule is CCN(CC)CC(c1ccc(F)cc1F)N1CCN(C(=O)OC(C)(C)C)CC1. The molecule has 158 valence electrons. The van der Waals surface area contributed by atoms with E-state index in [9.17, 15) is 13.6 Å². The van der Waals surface area contributed by atoms with Crippen molar-refractivity contribution >= 4 is 6.09 Å². The molecule has 1 unspecified atom stereocenters. The Balaban J connectivity index is 2.13. The first kappa shape index (κ1) is 22.6. The molecule has 0 spiro atoms. The number of hydrogen-bond donors (Lipinski definition) is 0. The van der Waals surface area contributed by atoms with Crippen molar-refractivity contribution in [3.63, 3.8) is 0 Å². The van der Waals surface area contributed by atoms with Crippen LogP contribution in [-0.2, 0) is 4.74 Å². The molecule has 0 bridgehead atoms. The highest BCUT2D eigenvalue weighted by Gasteiger charge is 2.31. The molecule has 0 aromatic heterocycles. The van der Waals surface area contributed by atoms with Gasteiger partial charge in [0.2, 0.25) is 0 Å². The van der Waals surface area contributed by atoms with Gasteiger partial charge < -0.3 is 14.5 Å². The molecule has 1 saturated heterocycles. The van der Waals surface area contributed by atoms with E-state index in [1.54, 1.807) is 11.0 Å². The van der Waals surface area contributed by atoms with Crippen LogP contribution in [0.4, 0.5) is 13.6 Å². The maximum atomic E-state index is 14.5. The van der Waals surface area contributed by atoms with Crippen molar-refractivity contribution in [2.45, 2.75) is 46.3 Å². The van der Waals surface area contributed by atoms with Crippen LogP contribution in [0.3, 0.4) is 0 Å². The third-order valence-electron chi connectivity index (χ3n) is 5.05. The Morgan fingerprint density at radius 1 is 1.14 bits per heavy atom. The van der Waals surface area contributed by atoms with Gasteiger partial charge in [-0.1, -0.05) is 19.9 Å². The second kappa shape index (κ2) is 9.65. The Bertz CT molecular complexity index is 652. The van der Waals surface area contributed by atoms with Crippen molar-refractivity contribution in [3.8, 4) is 0 Å². The minimum Gasteiger partial charge on any atom is -0.444 e. The number of carbonyl (C=O) groups is 1. The first-order valence-electron chi connectivity index (χ1n) is 10.0. The predicted octanol–water partition coefficient (Wildman–Crippen LogP) is 3.90. The summed E-state index contributed by atoms with van der Waals surface area (Å²) in [7, 11) is 0. The molecule has 1 aromatic rings. The maximum absolute atomic E-state index is 14.5. The van der Waals surface area contributed by atoms with Gasteiger partial charge in [-0.3, -0.25) is 4.90 Å². The number of nitrogens with zero attached hydrogens (tertiary/aromatic N) is 3. The van der Waals surface area contributed by atoms with Crippen molar-refractivity contribution in [3.05, 3.63) is 35.4 Å². The summed E-state index contributed by atoms with van der Waals surface area (Å²) in [6, 6.07) is 3.60. The summed E-state index contributed by atoms with van der Waals surface area (Å²) >= 11 is 0. The van der Waals surface area contributed by atoms with E-state index < -0.39 is 17.2 Å². The first-order valence-corrected chi connectivity index (χ1v) is 10.0. The number of benzene rings is 1. The summed E-state index contributed by atoms with van der Waals surface area (Å²) in [6.07, 6.45) is -0.319. The fourth-order valence-corrected chi connectivity index (χ4v) is 3.45. The molecule has 1 aliphatic rings. The summed E-state index contributed by atoms with van der Waals surface area (Å²) in [6.45, 7) is 14.3. The van der Waals surface area contributed by atoms with Crippen LogP contribution >= 0.6 is 0 Å². The fraction of sp³-hybridized carbons (Fsp3) is 0.667. The number of likely N-dealkylation sites (N-methyl/N-ethyl adjacent to an activating group) is 1. The molecule has 7 heteroatoms. The summed E-state index contributed by atoms with van der Waals surface area (Å²) < 4.78 is 33.4. The summed E-state index contributed by atoms with van der Waals surface area (Å²) in [5.74, 6) is -1.09. The lowest BCUT2D eigenvalue weighted by atomic mass is 10.0. The van der Waals surface area contributed by atoms with Gasteiger partial charge in [0.25, 0.3) is 0 Å². The van der Waals surface area contributed by atoms with E-state index >= 15 is 0 Å². The molecule has 0 saturated carbocycles. The van der Waals surface area contributed by atoms with Crippen LogP contribution in [0.5, 0.6) is 0 Å². The van der Waals surface area contributed by atoms with E-state index in [0.29, 0.717) is 38.3 Å². The molecule has 1 atom stereocenters. The average Bonchev–Trinajstić information content (AvgIpc) is 2.62. The van der Waals surface area contributed by atoms with E-state index in [1.807, 2.05) is 20.8 Å². The van der Waals surface area contributed by atoms with Gasteiger partial charge in [-0.15, -0.1) is 0 Å². The topological polar surface area (TPSA) is 36.0 Å². The van der Waals surface area contributed by atoms with Gasteiger partial charge in [0.05, 0.1) is 6.04 Å². The number of hydrogen-bond acceptors (Lipinski definition) is 4. The third-order valence-corrected chi connectivity index (χ3v) is 5.05. The summed E-state index contributed by atoms with van der Waals surface area (Å²) in [5, 5.41) is 0. The van der Waals surface area contributed by atoms with Gasteiger partial charge in [-0.25, -0.2) is 13.6 Å². The van der Waals surface area contributed by atoms with Gasteiger partial charge in [0, 0.05) is 44.4 Å². The molecule has 0 N–H and O–H groups in total. The highest BCUT2D eigenvalue weighted by atomic mass is 19.1. The van der Waals surface area contributed by atoms with Gasteiger partial charge in [-0.05, 0) is 39.9 Å². The van der Waals surface area contributed by atoms with E-state index in [1.165, 1.54) is 6.07 Å². The molecule has 1 amide bonds. The van der Waals surface area contributed by atoms with E-state index in [4.69, 9.17) is 4.74 Å². The number of ether oxygens (including phenoxy) is 1. The first-order chi connectivity index (χ1) is 13.1. The van der Waals surface area contributed by atoms with Crippen LogP contribution in [0.2, 0.25) is 0 Å². The van der Waals surface area contributed by atoms with Gasteiger partial charge in [-0.2, -0.15) is 0 Å². The van der Waals surface area contributed by atoms with Crippen molar-refractivity contribution in [2.24, 2.45) is 0 Å². The molecular weight excluding hydrogens is 364 g/mol. The molecule has 1 aliphatic heterocycles. The lowest BCUT2D eigenvalue weighted by Crippen LogP contribution is -2.52. The molecule has 2 rings (SSSR count). The quantitative estimate of drug-likeness (QED) is 0.729. The van der Waals surface area contributed by atoms with Crippen molar-refractivity contribution in [2.75, 3.05) is 45.8 Å². The third kappa shape index (κ3) is 6.14.